The van der Waals surface area contributed by atoms with Crippen molar-refractivity contribution < 1.29 is 14.7 Å². The third-order valence-corrected chi connectivity index (χ3v) is 4.04. The maximum absolute atomic E-state index is 13.1. The van der Waals surface area contributed by atoms with E-state index < -0.39 is 17.3 Å². The number of amides is 1. The third kappa shape index (κ3) is 3.40. The monoisotopic (exact) mass is 358 g/mol. The Hall–Kier alpha value is -2.90. The molecule has 3 rings (SSSR count). The highest BCUT2D eigenvalue weighted by molar-refractivity contribution is 5.96. The maximum Gasteiger partial charge on any atom is 0.270 e. The molecule has 2 aromatic heterocycles. The minimum Gasteiger partial charge on any atom is -0.492 e. The minimum atomic E-state index is -0.597. The van der Waals surface area contributed by atoms with Crippen molar-refractivity contribution in [1.82, 2.24) is 19.5 Å². The summed E-state index contributed by atoms with van der Waals surface area (Å²) in [4.78, 5) is 36.2. The second-order valence-corrected chi connectivity index (χ2v) is 7.73. The molecule has 0 aliphatic heterocycles. The van der Waals surface area contributed by atoms with Crippen molar-refractivity contribution in [3.8, 4) is 5.88 Å². The van der Waals surface area contributed by atoms with E-state index in [1.807, 2.05) is 20.8 Å². The van der Waals surface area contributed by atoms with E-state index >= 15 is 0 Å². The molecule has 0 spiro atoms. The summed E-state index contributed by atoms with van der Waals surface area (Å²) >= 11 is 0. The molecular weight excluding hydrogens is 336 g/mol. The van der Waals surface area contributed by atoms with Crippen LogP contribution in [0.5, 0.6) is 5.88 Å². The molecule has 1 aliphatic rings. The number of rotatable bonds is 5. The molecule has 0 saturated heterocycles. The molecule has 8 nitrogen and oxygen atoms in total. The van der Waals surface area contributed by atoms with E-state index in [9.17, 15) is 19.5 Å². The van der Waals surface area contributed by atoms with E-state index in [1.165, 1.54) is 27.4 Å². The second kappa shape index (κ2) is 6.44. The second-order valence-electron chi connectivity index (χ2n) is 7.73. The van der Waals surface area contributed by atoms with Crippen molar-refractivity contribution in [3.05, 3.63) is 33.8 Å². The number of aromatic hydroxyl groups is 1. The lowest BCUT2D eigenvalue weighted by Crippen LogP contribution is -2.37. The van der Waals surface area contributed by atoms with Gasteiger partial charge in [0.25, 0.3) is 11.5 Å². The molecule has 2 N–H and O–H groups in total. The third-order valence-electron chi connectivity index (χ3n) is 4.04. The van der Waals surface area contributed by atoms with Crippen molar-refractivity contribution in [2.45, 2.75) is 46.2 Å². The standard InChI is InChI=1S/C18H22N4O4/c1-18(2,3)10-21-15-11(5-4-8-23)9-19-22(15)17(26)13(16(21)25)14(24)20-12-6-7-12/h4-5,8-9,12,26H,6-7,10H2,1-3H3,(H,20,24)/b5-4+. The Bertz CT molecular complexity index is 958. The predicted molar refractivity (Wildman–Crippen MR) is 96.2 cm³/mol. The van der Waals surface area contributed by atoms with Gasteiger partial charge in [0.05, 0.1) is 6.20 Å². The molecule has 0 unspecified atom stereocenters. The molecule has 1 amide bonds. The number of fused-ring (bicyclic) bond motifs is 1. The van der Waals surface area contributed by atoms with Crippen molar-refractivity contribution in [2.75, 3.05) is 0 Å². The minimum absolute atomic E-state index is 0.0526. The lowest BCUT2D eigenvalue weighted by Gasteiger charge is -2.22. The first kappa shape index (κ1) is 17.9. The zero-order chi connectivity index (χ0) is 19.1. The molecule has 138 valence electrons. The van der Waals surface area contributed by atoms with Gasteiger partial charge in [0, 0.05) is 18.2 Å². The number of hydrogen-bond donors (Lipinski definition) is 2. The number of carbonyl (C=O) groups is 2. The van der Waals surface area contributed by atoms with Gasteiger partial charge in [-0.2, -0.15) is 9.61 Å². The van der Waals surface area contributed by atoms with E-state index in [2.05, 4.69) is 10.4 Å². The highest BCUT2D eigenvalue weighted by Crippen LogP contribution is 2.25. The summed E-state index contributed by atoms with van der Waals surface area (Å²) < 4.78 is 2.60. The topological polar surface area (TPSA) is 106 Å². The van der Waals surface area contributed by atoms with Crippen molar-refractivity contribution in [3.63, 3.8) is 0 Å². The first-order valence-electron chi connectivity index (χ1n) is 8.49. The molecule has 26 heavy (non-hydrogen) atoms. The lowest BCUT2D eigenvalue weighted by atomic mass is 9.96. The molecule has 1 saturated carbocycles. The Balaban J connectivity index is 2.27. The van der Waals surface area contributed by atoms with Crippen molar-refractivity contribution in [1.29, 1.82) is 0 Å². The average molecular weight is 358 g/mol. The van der Waals surface area contributed by atoms with Gasteiger partial charge in [0.1, 0.15) is 11.9 Å². The van der Waals surface area contributed by atoms with Gasteiger partial charge in [-0.3, -0.25) is 19.0 Å². The van der Waals surface area contributed by atoms with Crippen LogP contribution in [0, 0.1) is 5.41 Å². The molecule has 2 heterocycles. The number of aldehydes is 1. The summed E-state index contributed by atoms with van der Waals surface area (Å²) in [5.41, 5.74) is -0.320. The Morgan fingerprint density at radius 3 is 2.69 bits per heavy atom. The average Bonchev–Trinajstić information content (AvgIpc) is 3.25. The molecule has 0 bridgehead atoms. The molecule has 0 atom stereocenters. The van der Waals surface area contributed by atoms with E-state index in [0.717, 1.165) is 12.8 Å². The largest absolute Gasteiger partial charge is 0.492 e. The fourth-order valence-electron chi connectivity index (χ4n) is 2.78. The van der Waals surface area contributed by atoms with Crippen LogP contribution in [-0.4, -0.2) is 37.5 Å². The molecule has 8 heteroatoms. The molecule has 1 aliphatic carbocycles. The van der Waals surface area contributed by atoms with Gasteiger partial charge in [0.15, 0.2) is 5.56 Å². The fourth-order valence-corrected chi connectivity index (χ4v) is 2.78. The van der Waals surface area contributed by atoms with Crippen LogP contribution in [0.15, 0.2) is 17.1 Å². The van der Waals surface area contributed by atoms with Gasteiger partial charge in [-0.25, -0.2) is 0 Å². The van der Waals surface area contributed by atoms with Crippen LogP contribution in [0.2, 0.25) is 0 Å². The van der Waals surface area contributed by atoms with Gasteiger partial charge >= 0.3 is 0 Å². The van der Waals surface area contributed by atoms with Gasteiger partial charge in [0.2, 0.25) is 5.88 Å². The number of aromatic nitrogens is 3. The van der Waals surface area contributed by atoms with Gasteiger partial charge < -0.3 is 10.4 Å². The van der Waals surface area contributed by atoms with Crippen LogP contribution >= 0.6 is 0 Å². The zero-order valence-electron chi connectivity index (χ0n) is 15.0. The van der Waals surface area contributed by atoms with Crippen LogP contribution in [0.1, 0.15) is 49.5 Å². The summed E-state index contributed by atoms with van der Waals surface area (Å²) in [6.07, 6.45) is 6.59. The number of allylic oxidation sites excluding steroid dienone is 1. The van der Waals surface area contributed by atoms with Crippen molar-refractivity contribution >= 4 is 23.9 Å². The van der Waals surface area contributed by atoms with Crippen LogP contribution in [0.3, 0.4) is 0 Å². The molecule has 1 fully saturated rings. The Morgan fingerprint density at radius 1 is 1.42 bits per heavy atom. The summed E-state index contributed by atoms with van der Waals surface area (Å²) in [5.74, 6) is -1.10. The van der Waals surface area contributed by atoms with Crippen LogP contribution in [0.25, 0.3) is 11.7 Å². The summed E-state index contributed by atoms with van der Waals surface area (Å²) in [5, 5.41) is 17.4. The summed E-state index contributed by atoms with van der Waals surface area (Å²) in [7, 11) is 0. The predicted octanol–water partition coefficient (Wildman–Crippen LogP) is 1.35. The number of nitrogens with one attached hydrogen (secondary N) is 1. The van der Waals surface area contributed by atoms with E-state index in [1.54, 1.807) is 0 Å². The number of hydrogen-bond acceptors (Lipinski definition) is 5. The zero-order valence-corrected chi connectivity index (χ0v) is 15.0. The van der Waals surface area contributed by atoms with Crippen LogP contribution in [-0.2, 0) is 11.3 Å². The first-order valence-corrected chi connectivity index (χ1v) is 8.49. The molecule has 2 aromatic rings. The van der Waals surface area contributed by atoms with Crippen LogP contribution in [0.4, 0.5) is 0 Å². The fraction of sp³-hybridized carbons (Fsp3) is 0.444. The summed E-state index contributed by atoms with van der Waals surface area (Å²) in [6, 6.07) is 0.0526. The van der Waals surface area contributed by atoms with Gasteiger partial charge in [-0.15, -0.1) is 0 Å². The van der Waals surface area contributed by atoms with E-state index in [-0.39, 0.29) is 17.0 Å². The quantitative estimate of drug-likeness (QED) is 0.620. The highest BCUT2D eigenvalue weighted by atomic mass is 16.3. The van der Waals surface area contributed by atoms with E-state index in [4.69, 9.17) is 0 Å². The molecule has 0 radical (unpaired) electrons. The first-order chi connectivity index (χ1) is 12.2. The Labute approximate surface area is 150 Å². The lowest BCUT2D eigenvalue weighted by molar-refractivity contribution is -0.104. The number of carbonyl (C=O) groups excluding carboxylic acids is 2. The smallest absolute Gasteiger partial charge is 0.270 e. The van der Waals surface area contributed by atoms with Gasteiger partial charge in [-0.1, -0.05) is 20.8 Å². The van der Waals surface area contributed by atoms with Crippen molar-refractivity contribution in [2.24, 2.45) is 5.41 Å². The van der Waals surface area contributed by atoms with Gasteiger partial charge in [-0.05, 0) is 30.4 Å². The highest BCUT2D eigenvalue weighted by Gasteiger charge is 2.30. The van der Waals surface area contributed by atoms with Crippen LogP contribution < -0.4 is 10.9 Å². The summed E-state index contributed by atoms with van der Waals surface area (Å²) in [6.45, 7) is 6.20. The molecule has 0 aromatic carbocycles. The molecular formula is C18H22N4O4. The normalized spacial score (nSPS) is 14.9. The Morgan fingerprint density at radius 2 is 2.12 bits per heavy atom. The SMILES string of the molecule is CC(C)(C)Cn1c(=O)c(C(=O)NC2CC2)c(O)n2ncc(/C=C/C=O)c12. The van der Waals surface area contributed by atoms with E-state index in [0.29, 0.717) is 24.0 Å². The Kier molecular flexibility index (Phi) is 4.43. The number of nitrogens with zero attached hydrogens (tertiary/aromatic N) is 3. The maximum atomic E-state index is 13.1.